The molecule has 24 heavy (non-hydrogen) atoms. The molecule has 0 saturated heterocycles. The fraction of sp³-hybridized carbons (Fsp3) is 0.444. The minimum absolute atomic E-state index is 0.159. The Balaban J connectivity index is 2.00. The van der Waals surface area contributed by atoms with Crippen LogP contribution in [0.1, 0.15) is 48.4 Å². The summed E-state index contributed by atoms with van der Waals surface area (Å²) in [5.74, 6) is 1.12. The van der Waals surface area contributed by atoms with Gasteiger partial charge in [-0.25, -0.2) is 4.79 Å². The molecule has 0 aromatic heterocycles. The third-order valence-electron chi connectivity index (χ3n) is 4.19. The standard InChI is InChI=1S/C18H21N3O3/c1-4-5-10-18(20-21-18)11-9-14(22)19-16(17(23)24)15-12(2)7-6-8-13(15)3/h1,6-8,16H,5,9-11H2,2-3H3,(H,19,22)(H,23,24). The molecule has 2 N–H and O–H groups in total. The Bertz CT molecular complexity index is 692. The van der Waals surface area contributed by atoms with E-state index in [9.17, 15) is 14.7 Å². The molecule has 6 heteroatoms. The molecule has 1 aliphatic heterocycles. The van der Waals surface area contributed by atoms with Crippen molar-refractivity contribution in [1.82, 2.24) is 5.32 Å². The lowest BCUT2D eigenvalue weighted by Gasteiger charge is -2.19. The Labute approximate surface area is 141 Å². The number of benzene rings is 1. The zero-order valence-electron chi connectivity index (χ0n) is 13.9. The molecule has 0 saturated carbocycles. The molecule has 1 heterocycles. The van der Waals surface area contributed by atoms with Crippen LogP contribution >= 0.6 is 0 Å². The van der Waals surface area contributed by atoms with E-state index in [-0.39, 0.29) is 12.3 Å². The van der Waals surface area contributed by atoms with E-state index < -0.39 is 17.7 Å². The van der Waals surface area contributed by atoms with Crippen molar-refractivity contribution in [1.29, 1.82) is 0 Å². The van der Waals surface area contributed by atoms with Gasteiger partial charge in [0.05, 0.1) is 0 Å². The highest BCUT2D eigenvalue weighted by Crippen LogP contribution is 2.37. The predicted molar refractivity (Wildman–Crippen MR) is 89.3 cm³/mol. The summed E-state index contributed by atoms with van der Waals surface area (Å²) >= 11 is 0. The Morgan fingerprint density at radius 3 is 2.42 bits per heavy atom. The first-order valence-corrected chi connectivity index (χ1v) is 7.84. The summed E-state index contributed by atoms with van der Waals surface area (Å²) in [4.78, 5) is 23.8. The van der Waals surface area contributed by atoms with E-state index in [1.54, 1.807) is 0 Å². The van der Waals surface area contributed by atoms with Gasteiger partial charge in [0, 0.05) is 25.7 Å². The van der Waals surface area contributed by atoms with Crippen LogP contribution in [0.3, 0.4) is 0 Å². The van der Waals surface area contributed by atoms with Crippen LogP contribution in [0.4, 0.5) is 0 Å². The van der Waals surface area contributed by atoms with Crippen molar-refractivity contribution in [2.75, 3.05) is 0 Å². The Kier molecular flexibility index (Phi) is 5.35. The summed E-state index contributed by atoms with van der Waals surface area (Å²) in [5, 5.41) is 20.1. The molecule has 126 valence electrons. The molecule has 1 aromatic carbocycles. The van der Waals surface area contributed by atoms with E-state index in [0.29, 0.717) is 24.8 Å². The molecule has 0 bridgehead atoms. The minimum atomic E-state index is -1.08. The average molecular weight is 327 g/mol. The van der Waals surface area contributed by atoms with Crippen LogP contribution in [0.2, 0.25) is 0 Å². The van der Waals surface area contributed by atoms with Gasteiger partial charge in [-0.1, -0.05) is 18.2 Å². The number of amides is 1. The summed E-state index contributed by atoms with van der Waals surface area (Å²) in [5.41, 5.74) is 1.75. The molecule has 1 atom stereocenters. The van der Waals surface area contributed by atoms with Gasteiger partial charge in [0.15, 0.2) is 11.7 Å². The zero-order valence-corrected chi connectivity index (χ0v) is 13.9. The van der Waals surface area contributed by atoms with Crippen LogP contribution in [0.15, 0.2) is 28.4 Å². The second kappa shape index (κ2) is 7.26. The van der Waals surface area contributed by atoms with Gasteiger partial charge in [0.2, 0.25) is 5.91 Å². The molecular weight excluding hydrogens is 306 g/mol. The molecule has 6 nitrogen and oxygen atoms in total. The first-order chi connectivity index (χ1) is 11.4. The Hall–Kier alpha value is -2.68. The number of nitrogens with one attached hydrogen (secondary N) is 1. The Morgan fingerprint density at radius 1 is 1.29 bits per heavy atom. The lowest BCUT2D eigenvalue weighted by Crippen LogP contribution is -2.35. The minimum Gasteiger partial charge on any atom is -0.479 e. The van der Waals surface area contributed by atoms with Crippen molar-refractivity contribution in [2.24, 2.45) is 10.2 Å². The van der Waals surface area contributed by atoms with Crippen molar-refractivity contribution < 1.29 is 14.7 Å². The molecule has 1 amide bonds. The maximum atomic E-state index is 12.2. The molecule has 1 aromatic rings. The van der Waals surface area contributed by atoms with E-state index in [1.165, 1.54) is 0 Å². The number of hydrogen-bond acceptors (Lipinski definition) is 4. The summed E-state index contributed by atoms with van der Waals surface area (Å²) < 4.78 is 0. The molecule has 0 aliphatic carbocycles. The van der Waals surface area contributed by atoms with Gasteiger partial charge in [0.1, 0.15) is 0 Å². The average Bonchev–Trinajstić information content (AvgIpc) is 3.30. The first kappa shape index (κ1) is 17.7. The number of rotatable bonds is 8. The summed E-state index contributed by atoms with van der Waals surface area (Å²) in [6.07, 6.45) is 7.01. The largest absolute Gasteiger partial charge is 0.479 e. The van der Waals surface area contributed by atoms with Crippen LogP contribution in [0.25, 0.3) is 0 Å². The second-order valence-corrected chi connectivity index (χ2v) is 6.03. The monoisotopic (exact) mass is 327 g/mol. The third-order valence-corrected chi connectivity index (χ3v) is 4.19. The van der Waals surface area contributed by atoms with Crippen LogP contribution < -0.4 is 5.32 Å². The van der Waals surface area contributed by atoms with Gasteiger partial charge in [-0.2, -0.15) is 10.2 Å². The molecule has 2 rings (SSSR count). The van der Waals surface area contributed by atoms with Crippen molar-refractivity contribution in [3.05, 3.63) is 34.9 Å². The van der Waals surface area contributed by atoms with Crippen molar-refractivity contribution in [3.8, 4) is 12.3 Å². The fourth-order valence-electron chi connectivity index (χ4n) is 2.76. The molecule has 1 unspecified atom stereocenters. The molecule has 0 spiro atoms. The van der Waals surface area contributed by atoms with Crippen molar-refractivity contribution >= 4 is 11.9 Å². The van der Waals surface area contributed by atoms with Gasteiger partial charge in [0.25, 0.3) is 0 Å². The number of carbonyl (C=O) groups excluding carboxylic acids is 1. The molecule has 1 aliphatic rings. The third kappa shape index (κ3) is 4.19. The highest BCUT2D eigenvalue weighted by Gasteiger charge is 2.39. The van der Waals surface area contributed by atoms with E-state index in [4.69, 9.17) is 6.42 Å². The maximum absolute atomic E-state index is 12.2. The van der Waals surface area contributed by atoms with E-state index in [1.807, 2.05) is 32.0 Å². The number of terminal acetylenes is 1. The number of carboxylic acids is 1. The number of aliphatic carboxylic acids is 1. The summed E-state index contributed by atoms with van der Waals surface area (Å²) in [7, 11) is 0. The van der Waals surface area contributed by atoms with Gasteiger partial charge in [-0.15, -0.1) is 12.3 Å². The highest BCUT2D eigenvalue weighted by atomic mass is 16.4. The number of nitrogens with zero attached hydrogens (tertiary/aromatic N) is 2. The van der Waals surface area contributed by atoms with E-state index in [2.05, 4.69) is 21.5 Å². The first-order valence-electron chi connectivity index (χ1n) is 7.84. The number of carboxylic acid groups (broad SMARTS) is 1. The summed E-state index contributed by atoms with van der Waals surface area (Å²) in [6.45, 7) is 3.67. The highest BCUT2D eigenvalue weighted by molar-refractivity contribution is 5.85. The lowest BCUT2D eigenvalue weighted by molar-refractivity contribution is -0.142. The number of aryl methyl sites for hydroxylation is 2. The van der Waals surface area contributed by atoms with Crippen LogP contribution in [-0.4, -0.2) is 22.6 Å². The lowest BCUT2D eigenvalue weighted by atomic mass is 9.95. The normalized spacial score (nSPS) is 15.4. The van der Waals surface area contributed by atoms with Crippen LogP contribution in [-0.2, 0) is 9.59 Å². The number of hydrogen-bond donors (Lipinski definition) is 2. The fourth-order valence-corrected chi connectivity index (χ4v) is 2.76. The van der Waals surface area contributed by atoms with Gasteiger partial charge < -0.3 is 10.4 Å². The van der Waals surface area contributed by atoms with Crippen molar-refractivity contribution in [3.63, 3.8) is 0 Å². The van der Waals surface area contributed by atoms with Crippen LogP contribution in [0, 0.1) is 26.2 Å². The second-order valence-electron chi connectivity index (χ2n) is 6.03. The Morgan fingerprint density at radius 2 is 1.92 bits per heavy atom. The smallest absolute Gasteiger partial charge is 0.330 e. The van der Waals surface area contributed by atoms with Crippen molar-refractivity contribution in [2.45, 2.75) is 51.2 Å². The predicted octanol–water partition coefficient (Wildman–Crippen LogP) is 2.90. The zero-order chi connectivity index (χ0) is 17.7. The van der Waals surface area contributed by atoms with Gasteiger partial charge in [-0.3, -0.25) is 4.79 Å². The quantitative estimate of drug-likeness (QED) is 0.719. The topological polar surface area (TPSA) is 91.1 Å². The molecular formula is C18H21N3O3. The number of carbonyl (C=O) groups is 2. The summed E-state index contributed by atoms with van der Waals surface area (Å²) in [6, 6.07) is 4.47. The van der Waals surface area contributed by atoms with Gasteiger partial charge >= 0.3 is 5.97 Å². The van der Waals surface area contributed by atoms with E-state index in [0.717, 1.165) is 11.1 Å². The van der Waals surface area contributed by atoms with Gasteiger partial charge in [-0.05, 0) is 30.5 Å². The maximum Gasteiger partial charge on any atom is 0.330 e. The molecule has 0 radical (unpaired) electrons. The SMILES string of the molecule is C#CCCC1(CCC(=O)NC(C(=O)O)c2c(C)cccc2C)N=N1. The molecule has 0 fully saturated rings. The van der Waals surface area contributed by atoms with E-state index >= 15 is 0 Å². The van der Waals surface area contributed by atoms with Crippen LogP contribution in [0.5, 0.6) is 0 Å².